The molecule has 0 bridgehead atoms. The monoisotopic (exact) mass is 296 g/mol. The summed E-state index contributed by atoms with van der Waals surface area (Å²) in [6.07, 6.45) is 8.74. The molecule has 3 nitrogen and oxygen atoms in total. The second-order valence-electron chi connectivity index (χ2n) is 8.06. The van der Waals surface area contributed by atoms with E-state index < -0.39 is 0 Å². The van der Waals surface area contributed by atoms with Gasteiger partial charge in [0, 0.05) is 12.5 Å². The molecule has 3 unspecified atom stereocenters. The maximum Gasteiger partial charge on any atom is 0.220 e. The second kappa shape index (κ2) is 8.77. The first-order chi connectivity index (χ1) is 9.82. The number of nitrogens with one attached hydrogen (secondary N) is 1. The number of amides is 1. The van der Waals surface area contributed by atoms with Crippen molar-refractivity contribution in [2.75, 3.05) is 6.54 Å². The van der Waals surface area contributed by atoms with Gasteiger partial charge in [0.25, 0.3) is 0 Å². The minimum absolute atomic E-state index is 0.234. The molecular formula is C18H36N2O. The van der Waals surface area contributed by atoms with Crippen LogP contribution in [-0.4, -0.2) is 18.5 Å². The molecule has 0 heterocycles. The molecule has 0 saturated heterocycles. The van der Waals surface area contributed by atoms with Crippen molar-refractivity contribution < 1.29 is 4.79 Å². The predicted octanol–water partition coefficient (Wildman–Crippen LogP) is 3.86. The zero-order valence-corrected chi connectivity index (χ0v) is 14.6. The van der Waals surface area contributed by atoms with Crippen LogP contribution in [0, 0.1) is 17.3 Å². The van der Waals surface area contributed by atoms with Crippen LogP contribution >= 0.6 is 0 Å². The number of carbonyl (C=O) groups is 1. The van der Waals surface area contributed by atoms with Gasteiger partial charge in [-0.15, -0.1) is 0 Å². The summed E-state index contributed by atoms with van der Waals surface area (Å²) in [5.41, 5.74) is 5.95. The van der Waals surface area contributed by atoms with Crippen LogP contribution in [0.25, 0.3) is 0 Å². The Kier molecular flexibility index (Phi) is 7.72. The zero-order valence-electron chi connectivity index (χ0n) is 14.6. The molecule has 0 spiro atoms. The van der Waals surface area contributed by atoms with Gasteiger partial charge in [-0.25, -0.2) is 0 Å². The van der Waals surface area contributed by atoms with Crippen LogP contribution < -0.4 is 11.1 Å². The van der Waals surface area contributed by atoms with E-state index in [1.54, 1.807) is 0 Å². The molecule has 0 aromatic rings. The predicted molar refractivity (Wildman–Crippen MR) is 90.0 cm³/mol. The third-order valence-electron chi connectivity index (χ3n) is 5.08. The molecule has 21 heavy (non-hydrogen) atoms. The number of hydrogen-bond acceptors (Lipinski definition) is 2. The SMILES string of the molecule is CC1CCCC(NC(=O)CCC(CCN)C(C)(C)C)CC1. The quantitative estimate of drug-likeness (QED) is 0.731. The van der Waals surface area contributed by atoms with Crippen molar-refractivity contribution in [1.29, 1.82) is 0 Å². The highest BCUT2D eigenvalue weighted by Gasteiger charge is 2.25. The Morgan fingerprint density at radius 1 is 1.19 bits per heavy atom. The molecule has 3 N–H and O–H groups in total. The summed E-state index contributed by atoms with van der Waals surface area (Å²) in [5, 5.41) is 3.26. The van der Waals surface area contributed by atoms with Crippen LogP contribution in [0.5, 0.6) is 0 Å². The van der Waals surface area contributed by atoms with Gasteiger partial charge >= 0.3 is 0 Å². The van der Waals surface area contributed by atoms with Gasteiger partial charge in [0.15, 0.2) is 0 Å². The lowest BCUT2D eigenvalue weighted by Crippen LogP contribution is -2.35. The van der Waals surface area contributed by atoms with E-state index in [0.29, 0.717) is 24.9 Å². The summed E-state index contributed by atoms with van der Waals surface area (Å²) in [6, 6.07) is 0.407. The van der Waals surface area contributed by atoms with Crippen molar-refractivity contribution in [3.8, 4) is 0 Å². The lowest BCUT2D eigenvalue weighted by atomic mass is 9.76. The normalized spacial score (nSPS) is 25.2. The zero-order chi connectivity index (χ0) is 15.9. The summed E-state index contributed by atoms with van der Waals surface area (Å²) in [6.45, 7) is 9.78. The minimum Gasteiger partial charge on any atom is -0.353 e. The highest BCUT2D eigenvalue weighted by atomic mass is 16.1. The molecule has 0 aliphatic heterocycles. The highest BCUT2D eigenvalue weighted by Crippen LogP contribution is 2.32. The Labute approximate surface area is 131 Å². The standard InChI is InChI=1S/C18H36N2O/c1-14-6-5-7-16(10-8-14)20-17(21)11-9-15(12-13-19)18(2,3)4/h14-16H,5-13,19H2,1-4H3,(H,20,21). The van der Waals surface area contributed by atoms with Crippen LogP contribution in [0.1, 0.15) is 79.1 Å². The van der Waals surface area contributed by atoms with Crippen LogP contribution in [0.15, 0.2) is 0 Å². The highest BCUT2D eigenvalue weighted by molar-refractivity contribution is 5.76. The van der Waals surface area contributed by atoms with E-state index in [0.717, 1.165) is 31.6 Å². The Morgan fingerprint density at radius 3 is 2.52 bits per heavy atom. The molecule has 1 saturated carbocycles. The first kappa shape index (κ1) is 18.5. The Hall–Kier alpha value is -0.570. The molecule has 1 rings (SSSR count). The van der Waals surface area contributed by atoms with Gasteiger partial charge in [-0.05, 0) is 55.9 Å². The fourth-order valence-electron chi connectivity index (χ4n) is 3.45. The van der Waals surface area contributed by atoms with Gasteiger partial charge in [0.1, 0.15) is 0 Å². The first-order valence-corrected chi connectivity index (χ1v) is 8.82. The van der Waals surface area contributed by atoms with Crippen LogP contribution in [0.4, 0.5) is 0 Å². The molecule has 1 amide bonds. The van der Waals surface area contributed by atoms with E-state index in [1.165, 1.54) is 19.3 Å². The van der Waals surface area contributed by atoms with E-state index in [2.05, 4.69) is 33.0 Å². The molecule has 0 aromatic carbocycles. The molecule has 3 atom stereocenters. The maximum absolute atomic E-state index is 12.2. The number of hydrogen-bond donors (Lipinski definition) is 2. The van der Waals surface area contributed by atoms with E-state index in [-0.39, 0.29) is 11.3 Å². The largest absolute Gasteiger partial charge is 0.353 e. The van der Waals surface area contributed by atoms with Gasteiger partial charge in [-0.1, -0.05) is 40.5 Å². The van der Waals surface area contributed by atoms with E-state index in [4.69, 9.17) is 5.73 Å². The molecular weight excluding hydrogens is 260 g/mol. The van der Waals surface area contributed by atoms with E-state index in [9.17, 15) is 4.79 Å². The van der Waals surface area contributed by atoms with E-state index >= 15 is 0 Å². The number of carbonyl (C=O) groups excluding carboxylic acids is 1. The first-order valence-electron chi connectivity index (χ1n) is 8.82. The van der Waals surface area contributed by atoms with Gasteiger partial charge < -0.3 is 11.1 Å². The Morgan fingerprint density at radius 2 is 1.90 bits per heavy atom. The Balaban J connectivity index is 2.35. The number of nitrogens with two attached hydrogens (primary N) is 1. The van der Waals surface area contributed by atoms with Gasteiger partial charge in [0.05, 0.1) is 0 Å². The van der Waals surface area contributed by atoms with Crippen molar-refractivity contribution in [2.24, 2.45) is 23.0 Å². The topological polar surface area (TPSA) is 55.1 Å². The smallest absolute Gasteiger partial charge is 0.220 e. The maximum atomic E-state index is 12.2. The van der Waals surface area contributed by atoms with Crippen molar-refractivity contribution in [3.63, 3.8) is 0 Å². The molecule has 0 aromatic heterocycles. The molecule has 1 aliphatic carbocycles. The molecule has 124 valence electrons. The van der Waals surface area contributed by atoms with Crippen molar-refractivity contribution in [3.05, 3.63) is 0 Å². The third kappa shape index (κ3) is 7.30. The fraction of sp³-hybridized carbons (Fsp3) is 0.944. The summed E-state index contributed by atoms with van der Waals surface area (Å²) >= 11 is 0. The lowest BCUT2D eigenvalue weighted by Gasteiger charge is -2.30. The lowest BCUT2D eigenvalue weighted by molar-refractivity contribution is -0.122. The van der Waals surface area contributed by atoms with Crippen LogP contribution in [0.3, 0.4) is 0 Å². The van der Waals surface area contributed by atoms with Gasteiger partial charge in [-0.3, -0.25) is 4.79 Å². The Bertz CT molecular complexity index is 309. The van der Waals surface area contributed by atoms with Crippen molar-refractivity contribution >= 4 is 5.91 Å². The molecule has 3 heteroatoms. The summed E-state index contributed by atoms with van der Waals surface area (Å²) in [4.78, 5) is 12.2. The van der Waals surface area contributed by atoms with Gasteiger partial charge in [0.2, 0.25) is 5.91 Å². The van der Waals surface area contributed by atoms with Crippen molar-refractivity contribution in [2.45, 2.75) is 85.1 Å². The minimum atomic E-state index is 0.234. The molecule has 1 aliphatic rings. The van der Waals surface area contributed by atoms with Gasteiger partial charge in [-0.2, -0.15) is 0 Å². The third-order valence-corrected chi connectivity index (χ3v) is 5.08. The van der Waals surface area contributed by atoms with Crippen molar-refractivity contribution in [1.82, 2.24) is 5.32 Å². The van der Waals surface area contributed by atoms with Crippen LogP contribution in [-0.2, 0) is 4.79 Å². The second-order valence-corrected chi connectivity index (χ2v) is 8.06. The molecule has 0 radical (unpaired) electrons. The average molecular weight is 296 g/mol. The fourth-order valence-corrected chi connectivity index (χ4v) is 3.45. The molecule has 1 fully saturated rings. The average Bonchev–Trinajstić information content (AvgIpc) is 2.58. The van der Waals surface area contributed by atoms with Crippen LogP contribution in [0.2, 0.25) is 0 Å². The summed E-state index contributed by atoms with van der Waals surface area (Å²) in [7, 11) is 0. The van der Waals surface area contributed by atoms with E-state index in [1.807, 2.05) is 0 Å². The summed E-state index contributed by atoms with van der Waals surface area (Å²) in [5.74, 6) is 1.59. The number of rotatable bonds is 6. The summed E-state index contributed by atoms with van der Waals surface area (Å²) < 4.78 is 0.